The first-order valence-electron chi connectivity index (χ1n) is 8.34. The molecule has 0 amide bonds. The van der Waals surface area contributed by atoms with Gasteiger partial charge in [0.15, 0.2) is 0 Å². The monoisotopic (exact) mass is 390 g/mol. The quantitative estimate of drug-likeness (QED) is 0.369. The molecule has 0 rings (SSSR count). The second kappa shape index (κ2) is 11.1. The largest absolute Gasteiger partial charge is 0.468 e. The second-order valence-corrected chi connectivity index (χ2v) is 7.70. The van der Waals surface area contributed by atoms with Gasteiger partial charge in [-0.15, -0.1) is 13.2 Å². The van der Waals surface area contributed by atoms with Crippen molar-refractivity contribution in [1.29, 1.82) is 0 Å². The highest BCUT2D eigenvalue weighted by molar-refractivity contribution is 7.86. The van der Waals surface area contributed by atoms with Gasteiger partial charge in [-0.2, -0.15) is 17.0 Å². The number of rotatable bonds is 12. The lowest BCUT2D eigenvalue weighted by Gasteiger charge is -2.36. The van der Waals surface area contributed by atoms with E-state index in [1.807, 2.05) is 0 Å². The summed E-state index contributed by atoms with van der Waals surface area (Å²) in [5.74, 6) is -1.73. The van der Waals surface area contributed by atoms with Crippen LogP contribution in [0.3, 0.4) is 0 Å². The van der Waals surface area contributed by atoms with Crippen molar-refractivity contribution in [3.8, 4) is 0 Å². The molecule has 0 bridgehead atoms. The third-order valence-electron chi connectivity index (χ3n) is 3.65. The molecule has 0 aliphatic rings. The van der Waals surface area contributed by atoms with E-state index in [0.29, 0.717) is 0 Å². The fourth-order valence-corrected chi connectivity index (χ4v) is 4.38. The van der Waals surface area contributed by atoms with E-state index < -0.39 is 34.2 Å². The normalized spacial score (nSPS) is 14.2. The molecule has 0 unspecified atom stereocenters. The van der Waals surface area contributed by atoms with Crippen LogP contribution in [0.2, 0.25) is 0 Å². The van der Waals surface area contributed by atoms with Crippen LogP contribution in [0, 0.1) is 5.92 Å². The third kappa shape index (κ3) is 5.93. The number of carbonyl (C=O) groups excluding carboxylic acids is 2. The lowest BCUT2D eigenvalue weighted by molar-refractivity contribution is -0.147. The van der Waals surface area contributed by atoms with E-state index in [1.165, 1.54) is 26.2 Å². The summed E-state index contributed by atoms with van der Waals surface area (Å²) in [7, 11) is -3.03. The molecule has 0 heterocycles. The van der Waals surface area contributed by atoms with Crippen LogP contribution in [-0.4, -0.2) is 67.9 Å². The smallest absolute Gasteiger partial charge is 0.324 e. The van der Waals surface area contributed by atoms with Crippen molar-refractivity contribution in [2.45, 2.75) is 39.8 Å². The maximum absolute atomic E-state index is 13.3. The number of methoxy groups -OCH3 is 1. The van der Waals surface area contributed by atoms with Crippen molar-refractivity contribution in [2.24, 2.45) is 5.92 Å². The molecule has 0 aliphatic carbocycles. The molecule has 150 valence electrons. The highest BCUT2D eigenvalue weighted by Gasteiger charge is 2.42. The molecule has 0 saturated heterocycles. The summed E-state index contributed by atoms with van der Waals surface area (Å²) in [5.41, 5.74) is 0. The summed E-state index contributed by atoms with van der Waals surface area (Å²) in [5, 5.41) is 0. The Bertz CT molecular complexity index is 602. The Kier molecular flexibility index (Phi) is 10.4. The summed E-state index contributed by atoms with van der Waals surface area (Å²) in [4.78, 5) is 24.3. The molecule has 0 spiro atoms. The average molecular weight is 391 g/mol. The fraction of sp³-hybridized carbons (Fsp3) is 0.647. The number of nitrogens with zero attached hydrogens (tertiary/aromatic N) is 2. The number of hydrogen-bond acceptors (Lipinski definition) is 6. The zero-order chi connectivity index (χ0) is 20.5. The highest BCUT2D eigenvalue weighted by atomic mass is 32.2. The molecule has 0 saturated carbocycles. The van der Waals surface area contributed by atoms with Gasteiger partial charge in [-0.05, 0) is 19.8 Å². The van der Waals surface area contributed by atoms with Crippen LogP contribution in [0.15, 0.2) is 25.3 Å². The van der Waals surface area contributed by atoms with E-state index in [-0.39, 0.29) is 25.6 Å². The van der Waals surface area contributed by atoms with Crippen LogP contribution < -0.4 is 0 Å². The number of hydrogen-bond donors (Lipinski definition) is 0. The van der Waals surface area contributed by atoms with E-state index in [4.69, 9.17) is 9.47 Å². The van der Waals surface area contributed by atoms with Crippen LogP contribution in [0.25, 0.3) is 0 Å². The molecule has 0 N–H and O–H groups in total. The lowest BCUT2D eigenvalue weighted by Crippen LogP contribution is -2.56. The predicted molar refractivity (Wildman–Crippen MR) is 99.5 cm³/mol. The minimum absolute atomic E-state index is 0.122. The standard InChI is InChI=1S/C17H30N2O6S/c1-8-11-18(14(6)16(20)25-10-3)26(22,23)19(12-9-2)15(13(4)5)17(21)24-7/h8-9,13-15H,1-2,10-12H2,3-7H3/t14-,15+/m1/s1. The molecular weight excluding hydrogens is 360 g/mol. The molecule has 0 radical (unpaired) electrons. The van der Waals surface area contributed by atoms with Crippen molar-refractivity contribution < 1.29 is 27.5 Å². The van der Waals surface area contributed by atoms with Gasteiger partial charge in [0.2, 0.25) is 0 Å². The summed E-state index contributed by atoms with van der Waals surface area (Å²) < 4.78 is 38.2. The van der Waals surface area contributed by atoms with Gasteiger partial charge >= 0.3 is 11.9 Å². The van der Waals surface area contributed by atoms with Gasteiger partial charge in [-0.3, -0.25) is 9.59 Å². The minimum atomic E-state index is -4.23. The van der Waals surface area contributed by atoms with Crippen molar-refractivity contribution in [3.63, 3.8) is 0 Å². The summed E-state index contributed by atoms with van der Waals surface area (Å²) in [6.07, 6.45) is 2.73. The number of esters is 2. The predicted octanol–water partition coefficient (Wildman–Crippen LogP) is 1.36. The zero-order valence-electron chi connectivity index (χ0n) is 16.2. The van der Waals surface area contributed by atoms with E-state index >= 15 is 0 Å². The van der Waals surface area contributed by atoms with Crippen molar-refractivity contribution in [2.75, 3.05) is 26.8 Å². The molecular formula is C17H30N2O6S. The van der Waals surface area contributed by atoms with Crippen LogP contribution >= 0.6 is 0 Å². The van der Waals surface area contributed by atoms with E-state index in [1.54, 1.807) is 20.8 Å². The molecule has 0 fully saturated rings. The van der Waals surface area contributed by atoms with E-state index in [9.17, 15) is 18.0 Å². The van der Waals surface area contributed by atoms with Gasteiger partial charge in [0.1, 0.15) is 12.1 Å². The molecule has 26 heavy (non-hydrogen) atoms. The third-order valence-corrected chi connectivity index (χ3v) is 5.68. The molecule has 0 aromatic heterocycles. The van der Waals surface area contributed by atoms with Crippen LogP contribution in [0.5, 0.6) is 0 Å². The van der Waals surface area contributed by atoms with Gasteiger partial charge < -0.3 is 9.47 Å². The first-order chi connectivity index (χ1) is 12.1. The first kappa shape index (κ1) is 24.3. The summed E-state index contributed by atoms with van der Waals surface area (Å²) in [6, 6.07) is -2.15. The van der Waals surface area contributed by atoms with Crippen LogP contribution in [0.1, 0.15) is 27.7 Å². The Hall–Kier alpha value is -1.71. The topological polar surface area (TPSA) is 93.2 Å². The maximum atomic E-state index is 13.3. The van der Waals surface area contributed by atoms with Gasteiger partial charge in [-0.25, -0.2) is 0 Å². The average Bonchev–Trinajstić information content (AvgIpc) is 2.58. The van der Waals surface area contributed by atoms with Crippen molar-refractivity contribution >= 4 is 22.1 Å². The lowest BCUT2D eigenvalue weighted by atomic mass is 10.0. The number of ether oxygens (including phenoxy) is 2. The second-order valence-electron chi connectivity index (χ2n) is 5.86. The Morgan fingerprint density at radius 2 is 1.54 bits per heavy atom. The van der Waals surface area contributed by atoms with Crippen LogP contribution in [-0.2, 0) is 29.3 Å². The van der Waals surface area contributed by atoms with Gasteiger partial charge in [-0.1, -0.05) is 26.0 Å². The molecule has 2 atom stereocenters. The zero-order valence-corrected chi connectivity index (χ0v) is 17.0. The Balaban J connectivity index is 6.14. The van der Waals surface area contributed by atoms with Gasteiger partial charge in [0, 0.05) is 13.1 Å². The van der Waals surface area contributed by atoms with Crippen molar-refractivity contribution in [3.05, 3.63) is 25.3 Å². The van der Waals surface area contributed by atoms with Gasteiger partial charge in [0.05, 0.1) is 13.7 Å². The SMILES string of the molecule is C=CCN([C@H](C)C(=O)OCC)S(=O)(=O)N(CC=C)[C@H](C(=O)OC)C(C)C. The van der Waals surface area contributed by atoms with E-state index in [2.05, 4.69) is 13.2 Å². The molecule has 0 aromatic rings. The number of carbonyl (C=O) groups is 2. The Morgan fingerprint density at radius 1 is 1.04 bits per heavy atom. The van der Waals surface area contributed by atoms with Crippen molar-refractivity contribution in [1.82, 2.24) is 8.61 Å². The Labute approximate surface area is 156 Å². The summed E-state index contributed by atoms with van der Waals surface area (Å²) in [6.45, 7) is 13.5. The molecule has 0 aliphatic heterocycles. The Morgan fingerprint density at radius 3 is 1.92 bits per heavy atom. The highest BCUT2D eigenvalue weighted by Crippen LogP contribution is 2.22. The molecule has 8 nitrogen and oxygen atoms in total. The first-order valence-corrected chi connectivity index (χ1v) is 9.74. The maximum Gasteiger partial charge on any atom is 0.324 e. The summed E-state index contributed by atoms with van der Waals surface area (Å²) >= 11 is 0. The van der Waals surface area contributed by atoms with Gasteiger partial charge in [0.25, 0.3) is 10.2 Å². The molecule has 0 aromatic carbocycles. The fourth-order valence-electron chi connectivity index (χ4n) is 2.42. The van der Waals surface area contributed by atoms with Crippen LogP contribution in [0.4, 0.5) is 0 Å². The van der Waals surface area contributed by atoms with E-state index in [0.717, 1.165) is 8.61 Å². The molecule has 9 heteroatoms. The minimum Gasteiger partial charge on any atom is -0.468 e.